The summed E-state index contributed by atoms with van der Waals surface area (Å²) in [6.07, 6.45) is 3.35. The summed E-state index contributed by atoms with van der Waals surface area (Å²) in [5, 5.41) is 11.4. The molecule has 0 bridgehead atoms. The zero-order valence-corrected chi connectivity index (χ0v) is 46.1. The topological polar surface area (TPSA) is 181 Å². The van der Waals surface area contributed by atoms with Gasteiger partial charge in [0.05, 0.1) is 46.5 Å². The van der Waals surface area contributed by atoms with Crippen LogP contribution in [0.3, 0.4) is 0 Å². The highest BCUT2D eigenvalue weighted by Gasteiger charge is 2.45. The van der Waals surface area contributed by atoms with E-state index in [-0.39, 0.29) is 70.6 Å². The number of nitrogens with zero attached hydrogens (tertiary/aromatic N) is 10. The molecule has 6 aliphatic heterocycles. The molecule has 10 rings (SSSR count). The molecule has 2 N–H and O–H groups in total. The Hall–Kier alpha value is -6.04. The van der Waals surface area contributed by atoms with E-state index >= 15 is 0 Å². The van der Waals surface area contributed by atoms with Crippen molar-refractivity contribution in [1.82, 2.24) is 50.0 Å². The number of halogens is 4. The zero-order chi connectivity index (χ0) is 53.9. The Labute approximate surface area is 458 Å². The predicted octanol–water partition coefficient (Wildman–Crippen LogP) is 7.35. The van der Waals surface area contributed by atoms with Crippen molar-refractivity contribution in [3.05, 3.63) is 125 Å². The van der Waals surface area contributed by atoms with Crippen LogP contribution in [0.5, 0.6) is 0 Å². The smallest absolute Gasteiger partial charge is 0.338 e. The number of aromatic nitrogens is 2. The summed E-state index contributed by atoms with van der Waals surface area (Å²) < 4.78 is 39.9. The normalized spacial score (nSPS) is 22.1. The Bertz CT molecular complexity index is 2760. The molecule has 76 heavy (non-hydrogen) atoms. The van der Waals surface area contributed by atoms with Gasteiger partial charge >= 0.3 is 24.0 Å². The molecule has 2 aromatic heterocycles. The number of rotatable bonds is 14. The number of fused-ring (bicyclic) bond motifs is 2. The minimum Gasteiger partial charge on any atom is -0.463 e. The van der Waals surface area contributed by atoms with E-state index in [2.05, 4.69) is 30.4 Å². The number of hydrogen-bond donors (Lipinski definition) is 2. The molecule has 4 atom stereocenters. The lowest BCUT2D eigenvalue weighted by molar-refractivity contribution is -0.139. The molecule has 0 aliphatic carbocycles. The van der Waals surface area contributed by atoms with Gasteiger partial charge in [0.15, 0.2) is 21.7 Å². The lowest BCUT2D eigenvalue weighted by Gasteiger charge is -2.38. The van der Waals surface area contributed by atoms with Crippen LogP contribution < -0.4 is 10.6 Å². The first-order valence-electron chi connectivity index (χ1n) is 25.3. The van der Waals surface area contributed by atoms with Gasteiger partial charge in [-0.2, -0.15) is 0 Å². The number of esters is 2. The van der Waals surface area contributed by atoms with E-state index in [1.54, 1.807) is 50.5 Å². The fourth-order valence-corrected chi connectivity index (χ4v) is 12.0. The number of benzene rings is 2. The molecule has 24 heteroatoms. The van der Waals surface area contributed by atoms with Crippen LogP contribution in [0.2, 0.25) is 10.0 Å². The summed E-state index contributed by atoms with van der Waals surface area (Å²) in [6.45, 7) is 17.8. The van der Waals surface area contributed by atoms with E-state index < -0.39 is 35.7 Å². The number of piperazine rings is 2. The number of carbonyl (C=O) groups is 4. The van der Waals surface area contributed by atoms with Crippen molar-refractivity contribution in [1.29, 1.82) is 0 Å². The molecule has 18 nitrogen and oxygen atoms in total. The van der Waals surface area contributed by atoms with Gasteiger partial charge in [-0.05, 0) is 53.7 Å². The number of nitrogens with one attached hydrogen (secondary N) is 2. The van der Waals surface area contributed by atoms with Gasteiger partial charge < -0.3 is 39.7 Å². The lowest BCUT2D eigenvalue weighted by Crippen LogP contribution is -2.53. The number of aliphatic imine (C=N–C) groups is 2. The van der Waals surface area contributed by atoms with Crippen LogP contribution >= 0.6 is 45.9 Å². The SMILES string of the molecule is CCOC(=O)C1=C(CN2CCN3C(=O)N(C(C)C)C[C@@H]3C2)NC(c2nccs2)=N[C@H]1c1cccc(F)c1Cl.CCOC(=O)C1=C(CN2CCN3C(=O)N(C(C)C)C[C@H]3C2)NC(c2nccs2)=N[C@H]1c1cccc(F)c1Cl. The number of amidine groups is 2. The van der Waals surface area contributed by atoms with E-state index in [0.717, 1.165) is 0 Å². The second-order valence-corrected chi connectivity index (χ2v) is 22.0. The lowest BCUT2D eigenvalue weighted by atomic mass is 9.95. The van der Waals surface area contributed by atoms with Crippen molar-refractivity contribution in [2.45, 2.75) is 77.8 Å². The first-order chi connectivity index (χ1) is 36.6. The Balaban J connectivity index is 0.000000186. The van der Waals surface area contributed by atoms with Gasteiger partial charge in [0, 0.05) is 123 Å². The molecule has 0 radical (unpaired) electrons. The van der Waals surface area contributed by atoms with Crippen LogP contribution in [0.4, 0.5) is 18.4 Å². The van der Waals surface area contributed by atoms with Crippen LogP contribution in [0, 0.1) is 11.6 Å². The van der Waals surface area contributed by atoms with Crippen molar-refractivity contribution in [2.24, 2.45) is 9.98 Å². The average molecular weight is 1120 g/mol. The third kappa shape index (κ3) is 11.3. The molecule has 0 spiro atoms. The molecule has 4 saturated heterocycles. The standard InChI is InChI=1S/2C26H30ClFN6O3S/c2*1-4-37-25(35)20-19(14-32-9-10-33-16(12-32)13-34(15(2)3)26(33)36)30-23(24-29-8-11-38-24)31-22(20)17-6-5-7-18(28)21(17)27/h2*5-8,11,15-16,22H,4,9-10,12-14H2,1-3H3,(H,30,31)/t16-,22+;16-,22-/m10/s1. The van der Waals surface area contributed by atoms with E-state index in [4.69, 9.17) is 42.7 Å². The minimum absolute atomic E-state index is 0.0643. The molecular weight excluding hydrogens is 1060 g/mol. The predicted molar refractivity (Wildman–Crippen MR) is 288 cm³/mol. The Morgan fingerprint density at radius 3 is 1.42 bits per heavy atom. The third-order valence-corrected chi connectivity index (χ3v) is 16.4. The van der Waals surface area contributed by atoms with E-state index in [1.807, 2.05) is 58.1 Å². The number of ether oxygens (including phenoxy) is 2. The summed E-state index contributed by atoms with van der Waals surface area (Å²) in [5.41, 5.74) is 2.53. The van der Waals surface area contributed by atoms with Crippen LogP contribution in [0.15, 0.2) is 92.1 Å². The van der Waals surface area contributed by atoms with Gasteiger partial charge in [0.1, 0.15) is 23.7 Å². The van der Waals surface area contributed by atoms with Crippen molar-refractivity contribution in [2.75, 3.05) is 78.7 Å². The van der Waals surface area contributed by atoms with E-state index in [0.29, 0.717) is 110 Å². The molecule has 0 saturated carbocycles. The quantitative estimate of drug-likeness (QED) is 0.120. The minimum atomic E-state index is -0.877. The molecule has 4 fully saturated rings. The molecule has 6 aliphatic rings. The number of thiazole rings is 2. The maximum atomic E-state index is 14.5. The Kier molecular flexibility index (Phi) is 17.1. The average Bonchev–Trinajstić information content (AvgIpc) is 4.27. The van der Waals surface area contributed by atoms with Crippen molar-refractivity contribution < 1.29 is 37.4 Å². The van der Waals surface area contributed by atoms with Crippen molar-refractivity contribution >= 4 is 81.5 Å². The molecule has 404 valence electrons. The summed E-state index contributed by atoms with van der Waals surface area (Å²) in [7, 11) is 0. The number of amides is 4. The van der Waals surface area contributed by atoms with Gasteiger partial charge in [0.25, 0.3) is 0 Å². The molecule has 2 aromatic carbocycles. The number of carbonyl (C=O) groups excluding carboxylic acids is 4. The van der Waals surface area contributed by atoms with Gasteiger partial charge in [-0.1, -0.05) is 47.5 Å². The van der Waals surface area contributed by atoms with Gasteiger partial charge in [-0.3, -0.25) is 19.8 Å². The second kappa shape index (κ2) is 23.7. The summed E-state index contributed by atoms with van der Waals surface area (Å²) in [5.74, 6) is -1.29. The number of urea groups is 2. The highest BCUT2D eigenvalue weighted by molar-refractivity contribution is 7.12. The largest absolute Gasteiger partial charge is 0.463 e. The highest BCUT2D eigenvalue weighted by atomic mass is 35.5. The summed E-state index contributed by atoms with van der Waals surface area (Å²) in [4.78, 5) is 82.8. The summed E-state index contributed by atoms with van der Waals surface area (Å²) in [6, 6.07) is 7.78. The van der Waals surface area contributed by atoms with Crippen molar-refractivity contribution in [3.63, 3.8) is 0 Å². The maximum absolute atomic E-state index is 14.5. The Morgan fingerprint density at radius 1 is 0.658 bits per heavy atom. The van der Waals surface area contributed by atoms with E-state index in [1.165, 1.54) is 34.8 Å². The van der Waals surface area contributed by atoms with Crippen LogP contribution in [0.1, 0.15) is 74.8 Å². The highest BCUT2D eigenvalue weighted by Crippen LogP contribution is 2.40. The molecule has 0 unspecified atom stereocenters. The second-order valence-electron chi connectivity index (χ2n) is 19.4. The Morgan fingerprint density at radius 2 is 1.07 bits per heavy atom. The first kappa shape index (κ1) is 54.7. The fourth-order valence-electron chi connectivity index (χ4n) is 10.3. The third-order valence-electron chi connectivity index (χ3n) is 14.0. The van der Waals surface area contributed by atoms with Crippen LogP contribution in [-0.4, -0.2) is 178 Å². The number of hydrogen-bond acceptors (Lipinski definition) is 16. The molecular formula is C52H60Cl2F2N12O6S2. The van der Waals surface area contributed by atoms with Gasteiger partial charge in [-0.25, -0.2) is 37.9 Å². The van der Waals surface area contributed by atoms with Crippen molar-refractivity contribution in [3.8, 4) is 0 Å². The van der Waals surface area contributed by atoms with E-state index in [9.17, 15) is 28.0 Å². The zero-order valence-electron chi connectivity index (χ0n) is 43.0. The molecule has 4 amide bonds. The maximum Gasteiger partial charge on any atom is 0.338 e. The van der Waals surface area contributed by atoms with Crippen LogP contribution in [0.25, 0.3) is 0 Å². The summed E-state index contributed by atoms with van der Waals surface area (Å²) >= 11 is 15.6. The monoisotopic (exact) mass is 1120 g/mol. The van der Waals surface area contributed by atoms with Crippen LogP contribution in [-0.2, 0) is 19.1 Å². The first-order valence-corrected chi connectivity index (χ1v) is 27.8. The van der Waals surface area contributed by atoms with Gasteiger partial charge in [0.2, 0.25) is 0 Å². The molecule has 8 heterocycles. The fraction of sp³-hybridized carbons (Fsp3) is 0.462. The van der Waals surface area contributed by atoms with Gasteiger partial charge in [-0.15, -0.1) is 22.7 Å². The molecule has 4 aromatic rings.